The Morgan fingerprint density at radius 2 is 1.38 bits per heavy atom. The van der Waals surface area contributed by atoms with Crippen molar-refractivity contribution in [3.8, 4) is 11.5 Å². The molecule has 0 radical (unpaired) electrons. The Hall–Kier alpha value is -2.22. The minimum atomic E-state index is 0.0360. The monoisotopic (exact) mass is 212 g/mol. The van der Waals surface area contributed by atoms with Gasteiger partial charge in [0.2, 0.25) is 0 Å². The van der Waals surface area contributed by atoms with Gasteiger partial charge in [0.15, 0.2) is 0 Å². The summed E-state index contributed by atoms with van der Waals surface area (Å²) in [6.45, 7) is 3.90. The molecule has 0 saturated heterocycles. The summed E-state index contributed by atoms with van der Waals surface area (Å²) in [7, 11) is 0. The molecule has 0 heterocycles. The quantitative estimate of drug-likeness (QED) is 0.802. The van der Waals surface area contributed by atoms with Crippen molar-refractivity contribution in [2.24, 2.45) is 0 Å². The molecule has 0 atom stereocenters. The van der Waals surface area contributed by atoms with Gasteiger partial charge in [-0.15, -0.1) is 0 Å². The lowest BCUT2D eigenvalue weighted by Gasteiger charge is -2.10. The van der Waals surface area contributed by atoms with E-state index in [-0.39, 0.29) is 11.5 Å². The molecule has 2 N–H and O–H groups in total. The van der Waals surface area contributed by atoms with Gasteiger partial charge in [-0.05, 0) is 23.3 Å². The summed E-state index contributed by atoms with van der Waals surface area (Å²) in [4.78, 5) is 0. The van der Waals surface area contributed by atoms with E-state index in [1.54, 1.807) is 6.07 Å². The van der Waals surface area contributed by atoms with Crippen molar-refractivity contribution >= 4 is 5.57 Å². The van der Waals surface area contributed by atoms with Gasteiger partial charge in [0, 0.05) is 0 Å². The van der Waals surface area contributed by atoms with Crippen LogP contribution in [0.5, 0.6) is 11.5 Å². The molecular formula is C14H12O2. The summed E-state index contributed by atoms with van der Waals surface area (Å²) >= 11 is 0. The van der Waals surface area contributed by atoms with Crippen molar-refractivity contribution in [2.75, 3.05) is 0 Å². The second kappa shape index (κ2) is 4.11. The van der Waals surface area contributed by atoms with E-state index in [0.29, 0.717) is 11.1 Å². The van der Waals surface area contributed by atoms with Crippen LogP contribution in [-0.2, 0) is 0 Å². The fourth-order valence-electron chi connectivity index (χ4n) is 1.62. The maximum atomic E-state index is 9.70. The van der Waals surface area contributed by atoms with Crippen LogP contribution in [0.25, 0.3) is 5.57 Å². The van der Waals surface area contributed by atoms with E-state index in [0.717, 1.165) is 5.56 Å². The molecule has 16 heavy (non-hydrogen) atoms. The van der Waals surface area contributed by atoms with Crippen LogP contribution < -0.4 is 0 Å². The first-order valence-corrected chi connectivity index (χ1v) is 4.96. The lowest BCUT2D eigenvalue weighted by molar-refractivity contribution is 0.448. The van der Waals surface area contributed by atoms with E-state index >= 15 is 0 Å². The van der Waals surface area contributed by atoms with Gasteiger partial charge < -0.3 is 10.2 Å². The van der Waals surface area contributed by atoms with Crippen LogP contribution in [0.2, 0.25) is 0 Å². The van der Waals surface area contributed by atoms with Gasteiger partial charge >= 0.3 is 0 Å². The molecule has 0 aliphatic rings. The minimum absolute atomic E-state index is 0.0360. The van der Waals surface area contributed by atoms with E-state index in [9.17, 15) is 10.2 Å². The molecule has 0 aromatic heterocycles. The highest BCUT2D eigenvalue weighted by Crippen LogP contribution is 2.35. The largest absolute Gasteiger partial charge is 0.507 e. The number of phenols is 2. The second-order valence-electron chi connectivity index (χ2n) is 3.52. The molecule has 2 rings (SSSR count). The van der Waals surface area contributed by atoms with Crippen LogP contribution in [0, 0.1) is 0 Å². The first kappa shape index (κ1) is 10.3. The zero-order chi connectivity index (χ0) is 11.5. The van der Waals surface area contributed by atoms with Crippen LogP contribution >= 0.6 is 0 Å². The average molecular weight is 212 g/mol. The Morgan fingerprint density at radius 1 is 0.812 bits per heavy atom. The van der Waals surface area contributed by atoms with Crippen LogP contribution in [0.1, 0.15) is 11.1 Å². The molecule has 0 bridgehead atoms. The number of aromatic hydroxyl groups is 2. The third-order valence-electron chi connectivity index (χ3n) is 2.44. The van der Waals surface area contributed by atoms with Crippen LogP contribution in [-0.4, -0.2) is 10.2 Å². The molecule has 2 nitrogen and oxygen atoms in total. The molecule has 0 aliphatic heterocycles. The number of hydrogen-bond acceptors (Lipinski definition) is 2. The van der Waals surface area contributed by atoms with Crippen LogP contribution in [0.4, 0.5) is 0 Å². The van der Waals surface area contributed by atoms with Crippen molar-refractivity contribution in [3.05, 3.63) is 66.2 Å². The molecule has 0 unspecified atom stereocenters. The molecule has 0 amide bonds. The summed E-state index contributed by atoms with van der Waals surface area (Å²) in [5.74, 6) is 0.0720. The Bertz CT molecular complexity index is 495. The highest BCUT2D eigenvalue weighted by atomic mass is 16.3. The van der Waals surface area contributed by atoms with Gasteiger partial charge in [0.05, 0.1) is 5.56 Å². The van der Waals surface area contributed by atoms with Crippen molar-refractivity contribution in [1.82, 2.24) is 0 Å². The van der Waals surface area contributed by atoms with E-state index in [2.05, 4.69) is 6.58 Å². The standard InChI is InChI=1S/C14H12O2/c1-10(11-6-3-2-4-7-11)14-12(15)8-5-9-13(14)16/h2-9,15-16H,1H2. The van der Waals surface area contributed by atoms with E-state index in [4.69, 9.17) is 0 Å². The van der Waals surface area contributed by atoms with Crippen molar-refractivity contribution in [3.63, 3.8) is 0 Å². The van der Waals surface area contributed by atoms with Crippen LogP contribution in [0.15, 0.2) is 55.1 Å². The van der Waals surface area contributed by atoms with E-state index in [1.165, 1.54) is 12.1 Å². The summed E-state index contributed by atoms with van der Waals surface area (Å²) in [5.41, 5.74) is 1.87. The first-order chi connectivity index (χ1) is 7.70. The molecule has 0 saturated carbocycles. The fraction of sp³-hybridized carbons (Fsp3) is 0. The first-order valence-electron chi connectivity index (χ1n) is 4.96. The Kier molecular flexibility index (Phi) is 2.64. The summed E-state index contributed by atoms with van der Waals surface area (Å²) in [6.07, 6.45) is 0. The van der Waals surface area contributed by atoms with Gasteiger partial charge in [0.1, 0.15) is 11.5 Å². The highest BCUT2D eigenvalue weighted by molar-refractivity contribution is 5.84. The van der Waals surface area contributed by atoms with E-state index in [1.807, 2.05) is 30.3 Å². The zero-order valence-electron chi connectivity index (χ0n) is 8.72. The number of phenolic OH excluding ortho intramolecular Hbond substituents is 2. The molecule has 2 aromatic rings. The van der Waals surface area contributed by atoms with Gasteiger partial charge in [-0.3, -0.25) is 0 Å². The van der Waals surface area contributed by atoms with Crippen molar-refractivity contribution in [1.29, 1.82) is 0 Å². The normalized spacial score (nSPS) is 10.0. The van der Waals surface area contributed by atoms with Crippen molar-refractivity contribution < 1.29 is 10.2 Å². The van der Waals surface area contributed by atoms with Crippen molar-refractivity contribution in [2.45, 2.75) is 0 Å². The van der Waals surface area contributed by atoms with Gasteiger partial charge in [-0.1, -0.05) is 43.0 Å². The summed E-state index contributed by atoms with van der Waals surface area (Å²) < 4.78 is 0. The summed E-state index contributed by atoms with van der Waals surface area (Å²) in [6, 6.07) is 14.1. The predicted molar refractivity (Wildman–Crippen MR) is 64.3 cm³/mol. The van der Waals surface area contributed by atoms with E-state index < -0.39 is 0 Å². The van der Waals surface area contributed by atoms with Crippen LogP contribution in [0.3, 0.4) is 0 Å². The Labute approximate surface area is 94.1 Å². The third-order valence-corrected chi connectivity index (χ3v) is 2.44. The smallest absolute Gasteiger partial charge is 0.127 e. The number of rotatable bonds is 2. The SMILES string of the molecule is C=C(c1ccccc1)c1c(O)cccc1O. The van der Waals surface area contributed by atoms with Gasteiger partial charge in [-0.2, -0.15) is 0 Å². The lowest BCUT2D eigenvalue weighted by atomic mass is 9.98. The molecule has 0 spiro atoms. The Morgan fingerprint density at radius 3 is 1.94 bits per heavy atom. The Balaban J connectivity index is 2.50. The molecule has 2 aromatic carbocycles. The predicted octanol–water partition coefficient (Wildman–Crippen LogP) is 3.16. The molecule has 2 heteroatoms. The minimum Gasteiger partial charge on any atom is -0.507 e. The second-order valence-corrected chi connectivity index (χ2v) is 3.52. The fourth-order valence-corrected chi connectivity index (χ4v) is 1.62. The van der Waals surface area contributed by atoms with Gasteiger partial charge in [-0.25, -0.2) is 0 Å². The molecule has 0 fully saturated rings. The number of benzene rings is 2. The summed E-state index contributed by atoms with van der Waals surface area (Å²) in [5, 5.41) is 19.4. The zero-order valence-corrected chi connectivity index (χ0v) is 8.72. The highest BCUT2D eigenvalue weighted by Gasteiger charge is 2.11. The maximum absolute atomic E-state index is 9.70. The lowest BCUT2D eigenvalue weighted by Crippen LogP contribution is -1.87. The average Bonchev–Trinajstić information content (AvgIpc) is 2.30. The molecule has 0 aliphatic carbocycles. The van der Waals surface area contributed by atoms with Gasteiger partial charge in [0.25, 0.3) is 0 Å². The third kappa shape index (κ3) is 1.77. The molecular weight excluding hydrogens is 200 g/mol. The number of hydrogen-bond donors (Lipinski definition) is 2. The topological polar surface area (TPSA) is 40.5 Å². The maximum Gasteiger partial charge on any atom is 0.127 e. The molecule has 80 valence electrons.